The maximum absolute atomic E-state index is 11.6. The third-order valence-electron chi connectivity index (χ3n) is 2.15. The molecule has 1 aliphatic rings. The number of amides is 2. The number of sulfonamides is 1. The van der Waals surface area contributed by atoms with E-state index in [0.717, 1.165) is 6.26 Å². The molecule has 0 fully saturated rings. The average molecular weight is 270 g/mol. The van der Waals surface area contributed by atoms with Gasteiger partial charge in [0.2, 0.25) is 10.0 Å². The summed E-state index contributed by atoms with van der Waals surface area (Å²) >= 11 is 0. The molecule has 0 radical (unpaired) electrons. The van der Waals surface area contributed by atoms with Crippen molar-refractivity contribution in [3.8, 4) is 5.75 Å². The first-order valence-electron chi connectivity index (χ1n) is 4.94. The molecule has 1 aromatic carbocycles. The van der Waals surface area contributed by atoms with Gasteiger partial charge in [-0.2, -0.15) is 0 Å². The smallest absolute Gasteiger partial charge is 0.264 e. The lowest BCUT2D eigenvalue weighted by Crippen LogP contribution is -2.30. The van der Waals surface area contributed by atoms with Crippen molar-refractivity contribution in [2.75, 3.05) is 18.2 Å². The zero-order valence-corrected chi connectivity index (χ0v) is 10.2. The van der Waals surface area contributed by atoms with Crippen molar-refractivity contribution >= 4 is 27.5 Å². The Hall–Kier alpha value is -2.09. The number of carbonyl (C=O) groups is 2. The molecule has 8 heteroatoms. The van der Waals surface area contributed by atoms with E-state index in [9.17, 15) is 18.0 Å². The van der Waals surface area contributed by atoms with E-state index in [-0.39, 0.29) is 18.1 Å². The molecule has 1 aliphatic heterocycles. The fourth-order valence-corrected chi connectivity index (χ4v) is 1.90. The van der Waals surface area contributed by atoms with E-state index in [4.69, 9.17) is 4.74 Å². The second kappa shape index (κ2) is 4.30. The number of ether oxygens (including phenoxy) is 1. The molecule has 1 aromatic rings. The molecule has 2 rings (SSSR count). The Morgan fingerprint density at radius 3 is 2.83 bits per heavy atom. The molecule has 1 heterocycles. The van der Waals surface area contributed by atoms with Crippen molar-refractivity contribution in [1.29, 1.82) is 0 Å². The summed E-state index contributed by atoms with van der Waals surface area (Å²) in [6, 6.07) is 4.24. The highest BCUT2D eigenvalue weighted by Gasteiger charge is 2.18. The number of anilines is 1. The van der Waals surface area contributed by atoms with Crippen molar-refractivity contribution in [3.05, 3.63) is 23.8 Å². The van der Waals surface area contributed by atoms with Crippen LogP contribution in [0.4, 0.5) is 5.69 Å². The zero-order valence-electron chi connectivity index (χ0n) is 9.39. The van der Waals surface area contributed by atoms with Gasteiger partial charge in [-0.05, 0) is 18.2 Å². The number of nitrogens with one attached hydrogen (secondary N) is 2. The molecule has 0 aromatic heterocycles. The van der Waals surface area contributed by atoms with Crippen LogP contribution in [0.3, 0.4) is 0 Å². The van der Waals surface area contributed by atoms with Gasteiger partial charge >= 0.3 is 0 Å². The van der Waals surface area contributed by atoms with Crippen molar-refractivity contribution in [2.24, 2.45) is 0 Å². The summed E-state index contributed by atoms with van der Waals surface area (Å²) in [5.74, 6) is -0.701. The Morgan fingerprint density at radius 2 is 2.17 bits per heavy atom. The summed E-state index contributed by atoms with van der Waals surface area (Å²) in [5.41, 5.74) is 0.581. The average Bonchev–Trinajstić information content (AvgIpc) is 2.26. The minimum absolute atomic E-state index is 0.135. The summed E-state index contributed by atoms with van der Waals surface area (Å²) < 4.78 is 28.8. The van der Waals surface area contributed by atoms with Gasteiger partial charge in [-0.15, -0.1) is 0 Å². The summed E-state index contributed by atoms with van der Waals surface area (Å²) in [6.45, 7) is -0.135. The first kappa shape index (κ1) is 12.4. The van der Waals surface area contributed by atoms with Gasteiger partial charge in [0.1, 0.15) is 5.75 Å². The number of fused-ring (bicyclic) bond motifs is 1. The van der Waals surface area contributed by atoms with Gasteiger partial charge in [0.25, 0.3) is 11.8 Å². The van der Waals surface area contributed by atoms with Gasteiger partial charge in [-0.25, -0.2) is 13.1 Å². The Bertz CT molecular complexity index is 623. The molecule has 18 heavy (non-hydrogen) atoms. The monoisotopic (exact) mass is 270 g/mol. The van der Waals surface area contributed by atoms with Crippen LogP contribution in [0.25, 0.3) is 0 Å². The Balaban J connectivity index is 2.27. The molecule has 2 N–H and O–H groups in total. The van der Waals surface area contributed by atoms with Crippen LogP contribution >= 0.6 is 0 Å². The first-order chi connectivity index (χ1) is 8.35. The predicted molar refractivity (Wildman–Crippen MR) is 62.9 cm³/mol. The maximum atomic E-state index is 11.6. The van der Waals surface area contributed by atoms with Gasteiger partial charge < -0.3 is 10.1 Å². The van der Waals surface area contributed by atoms with Gasteiger partial charge in [0, 0.05) is 5.56 Å². The van der Waals surface area contributed by atoms with Crippen LogP contribution in [0.15, 0.2) is 18.2 Å². The van der Waals surface area contributed by atoms with Crippen LogP contribution in [-0.4, -0.2) is 33.1 Å². The number of benzene rings is 1. The van der Waals surface area contributed by atoms with Crippen molar-refractivity contribution in [3.63, 3.8) is 0 Å². The van der Waals surface area contributed by atoms with Crippen molar-refractivity contribution in [1.82, 2.24) is 4.72 Å². The number of hydrogen-bond donors (Lipinski definition) is 2. The third kappa shape index (κ3) is 2.77. The summed E-state index contributed by atoms with van der Waals surface area (Å²) in [7, 11) is -3.61. The SMILES string of the molecule is CS(=O)(=O)NC(=O)c1ccc2c(c1)OCC(=O)N2. The van der Waals surface area contributed by atoms with Crippen LogP contribution in [0.1, 0.15) is 10.4 Å². The van der Waals surface area contributed by atoms with Gasteiger partial charge in [0.15, 0.2) is 6.61 Å². The largest absolute Gasteiger partial charge is 0.482 e. The summed E-state index contributed by atoms with van der Waals surface area (Å²) in [6.07, 6.45) is 0.889. The lowest BCUT2D eigenvalue weighted by molar-refractivity contribution is -0.118. The topological polar surface area (TPSA) is 102 Å². The molecule has 7 nitrogen and oxygen atoms in total. The van der Waals surface area contributed by atoms with Crippen LogP contribution in [-0.2, 0) is 14.8 Å². The predicted octanol–water partition coefficient (Wildman–Crippen LogP) is -0.293. The Labute approximate surface area is 103 Å². The van der Waals surface area contributed by atoms with Crippen LogP contribution in [0, 0.1) is 0 Å². The van der Waals surface area contributed by atoms with Crippen LogP contribution in [0.5, 0.6) is 5.75 Å². The molecule has 0 bridgehead atoms. The van der Waals surface area contributed by atoms with Crippen molar-refractivity contribution < 1.29 is 22.7 Å². The van der Waals surface area contributed by atoms with E-state index in [1.54, 1.807) is 0 Å². The molecule has 0 spiro atoms. The molecule has 96 valence electrons. The molecule has 0 saturated carbocycles. The number of rotatable bonds is 2. The van der Waals surface area contributed by atoms with E-state index in [1.807, 2.05) is 4.72 Å². The van der Waals surface area contributed by atoms with E-state index in [2.05, 4.69) is 5.32 Å². The lowest BCUT2D eigenvalue weighted by atomic mass is 10.1. The van der Waals surface area contributed by atoms with Crippen molar-refractivity contribution in [2.45, 2.75) is 0 Å². The van der Waals surface area contributed by atoms with Crippen LogP contribution in [0.2, 0.25) is 0 Å². The fourth-order valence-electron chi connectivity index (χ4n) is 1.44. The molecule has 0 aliphatic carbocycles. The highest BCUT2D eigenvalue weighted by molar-refractivity contribution is 7.89. The number of carbonyl (C=O) groups excluding carboxylic acids is 2. The molecule has 0 saturated heterocycles. The van der Waals surface area contributed by atoms with Crippen LogP contribution < -0.4 is 14.8 Å². The third-order valence-corrected chi connectivity index (χ3v) is 2.71. The van der Waals surface area contributed by atoms with E-state index < -0.39 is 15.9 Å². The normalized spacial score (nSPS) is 14.2. The highest BCUT2D eigenvalue weighted by atomic mass is 32.2. The summed E-state index contributed by atoms with van der Waals surface area (Å²) in [5, 5.41) is 2.56. The van der Waals surface area contributed by atoms with E-state index >= 15 is 0 Å². The highest BCUT2D eigenvalue weighted by Crippen LogP contribution is 2.28. The maximum Gasteiger partial charge on any atom is 0.264 e. The second-order valence-corrected chi connectivity index (χ2v) is 5.50. The second-order valence-electron chi connectivity index (χ2n) is 3.75. The molecule has 2 amide bonds. The fraction of sp³-hybridized carbons (Fsp3) is 0.200. The van der Waals surface area contributed by atoms with Gasteiger partial charge in [-0.1, -0.05) is 0 Å². The molecule has 0 atom stereocenters. The lowest BCUT2D eigenvalue weighted by Gasteiger charge is -2.18. The Morgan fingerprint density at radius 1 is 1.44 bits per heavy atom. The Kier molecular flexibility index (Phi) is 2.95. The van der Waals surface area contributed by atoms with Gasteiger partial charge in [-0.3, -0.25) is 9.59 Å². The quantitative estimate of drug-likeness (QED) is 0.768. The molecule has 0 unspecified atom stereocenters. The van der Waals surface area contributed by atoms with E-state index in [1.165, 1.54) is 18.2 Å². The first-order valence-corrected chi connectivity index (χ1v) is 6.83. The number of hydrogen-bond acceptors (Lipinski definition) is 5. The summed E-state index contributed by atoms with van der Waals surface area (Å²) in [4.78, 5) is 22.6. The molecular weight excluding hydrogens is 260 g/mol. The van der Waals surface area contributed by atoms with Gasteiger partial charge in [0.05, 0.1) is 11.9 Å². The zero-order chi connectivity index (χ0) is 13.3. The minimum atomic E-state index is -3.61. The standard InChI is InChI=1S/C10H10N2O5S/c1-18(15,16)12-10(14)6-2-3-7-8(4-6)17-5-9(13)11-7/h2-4H,5H2,1H3,(H,11,13)(H,12,14). The molecular formula is C10H10N2O5S. The van der Waals surface area contributed by atoms with E-state index in [0.29, 0.717) is 11.4 Å². The minimum Gasteiger partial charge on any atom is -0.482 e.